The molecule has 1 aromatic carbocycles. The fourth-order valence-corrected chi connectivity index (χ4v) is 2.33. The summed E-state index contributed by atoms with van der Waals surface area (Å²) in [6.07, 6.45) is -0.599. The Morgan fingerprint density at radius 3 is 2.94 bits per heavy atom. The first kappa shape index (κ1) is 11.4. The number of aliphatic hydroxyl groups excluding tert-OH is 1. The Morgan fingerprint density at radius 1 is 1.28 bits per heavy atom. The van der Waals surface area contributed by atoms with Crippen LogP contribution < -0.4 is 19.7 Å². The monoisotopic (exact) mass is 252 g/mol. The van der Waals surface area contributed by atoms with E-state index >= 15 is 0 Å². The molecule has 18 heavy (non-hydrogen) atoms. The summed E-state index contributed by atoms with van der Waals surface area (Å²) in [5.74, 6) is 1.35. The van der Waals surface area contributed by atoms with Crippen molar-refractivity contribution < 1.29 is 19.7 Å². The minimum Gasteiger partial charge on any atom is -0.506 e. The Labute approximate surface area is 105 Å². The fourth-order valence-electron chi connectivity index (χ4n) is 2.33. The average molecular weight is 252 g/mol. The smallest absolute Gasteiger partial charge is 0.188 e. The molecule has 98 valence electrons. The number of hydrogen-bond donors (Lipinski definition) is 3. The largest absolute Gasteiger partial charge is 0.506 e. The average Bonchev–Trinajstić information content (AvgIpc) is 2.38. The maximum absolute atomic E-state index is 10.0. The molecule has 0 bridgehead atoms. The Balaban J connectivity index is 1.99. The van der Waals surface area contributed by atoms with E-state index in [-0.39, 0.29) is 5.75 Å². The highest BCUT2D eigenvalue weighted by Crippen LogP contribution is 2.45. The molecule has 1 saturated heterocycles. The van der Waals surface area contributed by atoms with Crippen molar-refractivity contribution >= 4 is 5.69 Å². The zero-order valence-corrected chi connectivity index (χ0v) is 9.93. The molecule has 6 nitrogen and oxygen atoms in total. The van der Waals surface area contributed by atoms with Gasteiger partial charge in [-0.3, -0.25) is 5.32 Å². The first-order valence-corrected chi connectivity index (χ1v) is 6.03. The van der Waals surface area contributed by atoms with Crippen molar-refractivity contribution in [3.63, 3.8) is 0 Å². The minimum atomic E-state index is -0.599. The Hall–Kier alpha value is -1.66. The van der Waals surface area contributed by atoms with E-state index in [0.717, 1.165) is 0 Å². The second kappa shape index (κ2) is 4.55. The van der Waals surface area contributed by atoms with Gasteiger partial charge in [0.2, 0.25) is 0 Å². The van der Waals surface area contributed by atoms with E-state index < -0.39 is 6.23 Å². The summed E-state index contributed by atoms with van der Waals surface area (Å²) in [6, 6.07) is 3.29. The third-order valence-corrected chi connectivity index (χ3v) is 3.13. The van der Waals surface area contributed by atoms with Gasteiger partial charge < -0.3 is 24.6 Å². The van der Waals surface area contributed by atoms with Gasteiger partial charge in [0.25, 0.3) is 0 Å². The Kier molecular flexibility index (Phi) is 2.89. The van der Waals surface area contributed by atoms with Crippen LogP contribution in [0, 0.1) is 0 Å². The number of nitrogens with zero attached hydrogens (tertiary/aromatic N) is 1. The highest BCUT2D eigenvalue weighted by atomic mass is 16.6. The molecule has 0 amide bonds. The van der Waals surface area contributed by atoms with Gasteiger partial charge in [-0.2, -0.15) is 0 Å². The lowest BCUT2D eigenvalue weighted by molar-refractivity contribution is 0.129. The van der Waals surface area contributed by atoms with Crippen LogP contribution in [0.15, 0.2) is 12.1 Å². The van der Waals surface area contributed by atoms with E-state index in [2.05, 4.69) is 5.32 Å². The molecule has 0 saturated carbocycles. The number of aromatic hydroxyl groups is 1. The van der Waals surface area contributed by atoms with Crippen LogP contribution in [-0.2, 0) is 0 Å². The van der Waals surface area contributed by atoms with Gasteiger partial charge in [-0.25, -0.2) is 0 Å². The SMILES string of the molecule is Oc1ccc2c(c1N1CCNC(O)C1)OCCO2. The molecule has 0 spiro atoms. The van der Waals surface area contributed by atoms with Gasteiger partial charge in [0, 0.05) is 13.1 Å². The van der Waals surface area contributed by atoms with Gasteiger partial charge in [-0.15, -0.1) is 0 Å². The lowest BCUT2D eigenvalue weighted by Crippen LogP contribution is -2.50. The van der Waals surface area contributed by atoms with Crippen LogP contribution in [0.5, 0.6) is 17.2 Å². The van der Waals surface area contributed by atoms with Crippen molar-refractivity contribution in [3.8, 4) is 17.2 Å². The van der Waals surface area contributed by atoms with Crippen molar-refractivity contribution in [1.82, 2.24) is 5.32 Å². The standard InChI is InChI=1S/C12H16N2O4/c15-8-1-2-9-12(18-6-5-17-9)11(8)14-4-3-13-10(16)7-14/h1-2,10,13,15-16H,3-7H2. The second-order valence-electron chi connectivity index (χ2n) is 4.37. The van der Waals surface area contributed by atoms with Gasteiger partial charge in [-0.05, 0) is 12.1 Å². The van der Waals surface area contributed by atoms with Gasteiger partial charge in [0.15, 0.2) is 11.5 Å². The summed E-state index contributed by atoms with van der Waals surface area (Å²) in [7, 11) is 0. The molecule has 6 heteroatoms. The number of fused-ring (bicyclic) bond motifs is 1. The normalized spacial score (nSPS) is 22.9. The van der Waals surface area contributed by atoms with E-state index in [4.69, 9.17) is 9.47 Å². The van der Waals surface area contributed by atoms with E-state index in [1.165, 1.54) is 0 Å². The van der Waals surface area contributed by atoms with Crippen molar-refractivity contribution in [2.75, 3.05) is 37.7 Å². The van der Waals surface area contributed by atoms with Crippen LogP contribution in [0.25, 0.3) is 0 Å². The summed E-state index contributed by atoms with van der Waals surface area (Å²) in [4.78, 5) is 1.91. The number of β-amino-alcohol motifs (C(OH)–C–C–N with tert-alkyl or cyclic N) is 1. The van der Waals surface area contributed by atoms with E-state index in [9.17, 15) is 10.2 Å². The summed E-state index contributed by atoms with van der Waals surface area (Å²) in [5.41, 5.74) is 0.604. The van der Waals surface area contributed by atoms with Crippen molar-refractivity contribution in [3.05, 3.63) is 12.1 Å². The predicted octanol–water partition coefficient (Wildman–Crippen LogP) is -0.109. The van der Waals surface area contributed by atoms with Crippen molar-refractivity contribution in [1.29, 1.82) is 0 Å². The lowest BCUT2D eigenvalue weighted by Gasteiger charge is -2.35. The van der Waals surface area contributed by atoms with Crippen LogP contribution >= 0.6 is 0 Å². The molecule has 1 atom stereocenters. The maximum atomic E-state index is 10.0. The highest BCUT2D eigenvalue weighted by molar-refractivity contribution is 5.72. The molecule has 0 radical (unpaired) electrons. The number of anilines is 1. The number of phenols is 1. The molecule has 1 fully saturated rings. The number of nitrogens with one attached hydrogen (secondary N) is 1. The molecular weight excluding hydrogens is 236 g/mol. The lowest BCUT2D eigenvalue weighted by atomic mass is 10.2. The number of phenolic OH excluding ortho intramolecular Hbond substituents is 1. The van der Waals surface area contributed by atoms with E-state index in [0.29, 0.717) is 50.0 Å². The number of hydrogen-bond acceptors (Lipinski definition) is 6. The van der Waals surface area contributed by atoms with E-state index in [1.54, 1.807) is 12.1 Å². The van der Waals surface area contributed by atoms with Crippen LogP contribution in [0.2, 0.25) is 0 Å². The number of benzene rings is 1. The molecule has 0 aromatic heterocycles. The van der Waals surface area contributed by atoms with Crippen LogP contribution in [0.3, 0.4) is 0 Å². The first-order valence-electron chi connectivity index (χ1n) is 6.03. The summed E-state index contributed by atoms with van der Waals surface area (Å²) in [5, 5.41) is 22.6. The van der Waals surface area contributed by atoms with E-state index in [1.807, 2.05) is 4.90 Å². The fraction of sp³-hybridized carbons (Fsp3) is 0.500. The molecule has 2 aliphatic heterocycles. The first-order chi connectivity index (χ1) is 8.75. The molecule has 2 heterocycles. The van der Waals surface area contributed by atoms with Gasteiger partial charge >= 0.3 is 0 Å². The highest BCUT2D eigenvalue weighted by Gasteiger charge is 2.26. The topological polar surface area (TPSA) is 74.2 Å². The van der Waals surface area contributed by atoms with Gasteiger partial charge in [0.1, 0.15) is 30.9 Å². The number of aliphatic hydroxyl groups is 1. The number of ether oxygens (including phenoxy) is 2. The molecule has 1 unspecified atom stereocenters. The van der Waals surface area contributed by atoms with Crippen molar-refractivity contribution in [2.24, 2.45) is 0 Å². The minimum absolute atomic E-state index is 0.147. The van der Waals surface area contributed by atoms with Crippen LogP contribution in [0.4, 0.5) is 5.69 Å². The summed E-state index contributed by atoms with van der Waals surface area (Å²) in [6.45, 7) is 2.75. The number of piperazine rings is 1. The number of rotatable bonds is 1. The van der Waals surface area contributed by atoms with Gasteiger partial charge in [-0.1, -0.05) is 0 Å². The molecule has 2 aliphatic rings. The van der Waals surface area contributed by atoms with Crippen molar-refractivity contribution in [2.45, 2.75) is 6.23 Å². The maximum Gasteiger partial charge on any atom is 0.188 e. The zero-order valence-electron chi connectivity index (χ0n) is 9.93. The van der Waals surface area contributed by atoms with Crippen LogP contribution in [-0.4, -0.2) is 49.3 Å². The zero-order chi connectivity index (χ0) is 12.5. The molecule has 3 N–H and O–H groups in total. The molecule has 1 aromatic rings. The molecular formula is C12H16N2O4. The third kappa shape index (κ3) is 1.93. The predicted molar refractivity (Wildman–Crippen MR) is 65.3 cm³/mol. The Bertz CT molecular complexity index is 452. The summed E-state index contributed by atoms with van der Waals surface area (Å²) >= 11 is 0. The second-order valence-corrected chi connectivity index (χ2v) is 4.37. The quantitative estimate of drug-likeness (QED) is 0.647. The molecule has 0 aliphatic carbocycles. The summed E-state index contributed by atoms with van der Waals surface area (Å²) < 4.78 is 11.1. The van der Waals surface area contributed by atoms with Gasteiger partial charge in [0.05, 0.1) is 6.54 Å². The molecule has 3 rings (SSSR count). The van der Waals surface area contributed by atoms with Crippen LogP contribution in [0.1, 0.15) is 0 Å². The Morgan fingerprint density at radius 2 is 2.11 bits per heavy atom. The third-order valence-electron chi connectivity index (χ3n) is 3.13.